The number of nitrogens with one attached hydrogen (secondary N) is 2. The van der Waals surface area contributed by atoms with Crippen molar-refractivity contribution in [2.75, 3.05) is 12.4 Å². The zero-order valence-electron chi connectivity index (χ0n) is 15.0. The molecule has 0 atom stereocenters. The van der Waals surface area contributed by atoms with Crippen LogP contribution < -0.4 is 15.6 Å². The Morgan fingerprint density at radius 1 is 1.35 bits per heavy atom. The van der Waals surface area contributed by atoms with Crippen molar-refractivity contribution in [1.82, 2.24) is 14.8 Å². The Labute approximate surface area is 154 Å². The molecule has 1 aromatic carbocycles. The van der Waals surface area contributed by atoms with Gasteiger partial charge in [0.05, 0.1) is 19.2 Å². The number of ether oxygens (including phenoxy) is 1. The molecule has 1 amide bonds. The van der Waals surface area contributed by atoms with Crippen LogP contribution in [0.3, 0.4) is 0 Å². The van der Waals surface area contributed by atoms with Crippen molar-refractivity contribution in [2.24, 2.45) is 0 Å². The summed E-state index contributed by atoms with van der Waals surface area (Å²) in [6, 6.07) is 7.07. The minimum absolute atomic E-state index is 0.0191. The van der Waals surface area contributed by atoms with Gasteiger partial charge in [0.25, 0.3) is 5.56 Å². The van der Waals surface area contributed by atoms with Gasteiger partial charge in [-0.3, -0.25) is 14.7 Å². The molecule has 7 nitrogen and oxygen atoms in total. The largest absolute Gasteiger partial charge is 0.497 e. The minimum atomic E-state index is -0.267. The average molecular weight is 372 g/mol. The van der Waals surface area contributed by atoms with E-state index in [0.29, 0.717) is 27.8 Å². The summed E-state index contributed by atoms with van der Waals surface area (Å²) in [5.41, 5.74) is 2.34. The molecule has 0 unspecified atom stereocenters. The summed E-state index contributed by atoms with van der Waals surface area (Å²) >= 11 is 1.44. The SMILES string of the molecule is COc1cccc(NC(=O)Cc2c(C)[nH]n(-c3nc(C)c(C)s3)c2=O)c1. The first kappa shape index (κ1) is 17.9. The van der Waals surface area contributed by atoms with E-state index >= 15 is 0 Å². The lowest BCUT2D eigenvalue weighted by molar-refractivity contribution is -0.115. The Morgan fingerprint density at radius 3 is 2.77 bits per heavy atom. The predicted molar refractivity (Wildman–Crippen MR) is 102 cm³/mol. The van der Waals surface area contributed by atoms with E-state index < -0.39 is 0 Å². The Balaban J connectivity index is 1.81. The van der Waals surface area contributed by atoms with Gasteiger partial charge in [-0.1, -0.05) is 17.4 Å². The fourth-order valence-corrected chi connectivity index (χ4v) is 3.41. The van der Waals surface area contributed by atoms with Crippen LogP contribution in [0.4, 0.5) is 5.69 Å². The maximum atomic E-state index is 12.7. The summed E-state index contributed by atoms with van der Waals surface area (Å²) in [4.78, 5) is 30.5. The predicted octanol–water partition coefficient (Wildman–Crippen LogP) is 2.74. The third kappa shape index (κ3) is 3.55. The van der Waals surface area contributed by atoms with Crippen LogP contribution in [0.25, 0.3) is 5.13 Å². The standard InChI is InChI=1S/C18H20N4O3S/c1-10-12(3)26-18(19-10)22-17(24)15(11(2)21-22)9-16(23)20-13-6-5-7-14(8-13)25-4/h5-8,21H,9H2,1-4H3,(H,20,23). The summed E-state index contributed by atoms with van der Waals surface area (Å²) in [6.07, 6.45) is -0.0191. The number of amides is 1. The van der Waals surface area contributed by atoms with Gasteiger partial charge in [-0.2, -0.15) is 4.68 Å². The number of thiazole rings is 1. The third-order valence-corrected chi connectivity index (χ3v) is 5.15. The lowest BCUT2D eigenvalue weighted by Gasteiger charge is -2.06. The topological polar surface area (TPSA) is 89.0 Å². The van der Waals surface area contributed by atoms with Crippen molar-refractivity contribution < 1.29 is 9.53 Å². The first-order valence-electron chi connectivity index (χ1n) is 8.08. The van der Waals surface area contributed by atoms with Crippen molar-refractivity contribution in [3.05, 3.63) is 56.4 Å². The van der Waals surface area contributed by atoms with Crippen LogP contribution in [0.2, 0.25) is 0 Å². The van der Waals surface area contributed by atoms with Crippen LogP contribution in [0.1, 0.15) is 21.8 Å². The number of aromatic nitrogens is 3. The quantitative estimate of drug-likeness (QED) is 0.721. The van der Waals surface area contributed by atoms with Gasteiger partial charge in [-0.05, 0) is 32.9 Å². The molecule has 3 rings (SSSR count). The Bertz CT molecular complexity index is 996. The maximum absolute atomic E-state index is 12.7. The molecule has 0 aliphatic heterocycles. The van der Waals surface area contributed by atoms with Crippen molar-refractivity contribution in [2.45, 2.75) is 27.2 Å². The number of nitrogens with zero attached hydrogens (tertiary/aromatic N) is 2. The molecular formula is C18H20N4O3S. The number of anilines is 1. The van der Waals surface area contributed by atoms with Crippen LogP contribution in [0.15, 0.2) is 29.1 Å². The molecule has 2 heterocycles. The molecule has 0 radical (unpaired) electrons. The highest BCUT2D eigenvalue weighted by molar-refractivity contribution is 7.14. The Morgan fingerprint density at radius 2 is 2.12 bits per heavy atom. The van der Waals surface area contributed by atoms with Crippen LogP contribution in [-0.2, 0) is 11.2 Å². The number of H-pyrrole nitrogens is 1. The molecule has 0 saturated carbocycles. The molecule has 0 saturated heterocycles. The zero-order valence-corrected chi connectivity index (χ0v) is 15.9. The maximum Gasteiger partial charge on any atom is 0.277 e. The molecular weight excluding hydrogens is 352 g/mol. The van der Waals surface area contributed by atoms with Crippen LogP contribution >= 0.6 is 11.3 Å². The second kappa shape index (κ2) is 7.17. The van der Waals surface area contributed by atoms with Crippen LogP contribution in [0.5, 0.6) is 5.75 Å². The first-order chi connectivity index (χ1) is 12.4. The molecule has 0 fully saturated rings. The third-order valence-electron chi connectivity index (χ3n) is 4.09. The molecule has 2 N–H and O–H groups in total. The van der Waals surface area contributed by atoms with E-state index in [1.165, 1.54) is 16.0 Å². The van der Waals surface area contributed by atoms with Crippen molar-refractivity contribution in [1.29, 1.82) is 0 Å². The molecule has 3 aromatic rings. The highest BCUT2D eigenvalue weighted by Crippen LogP contribution is 2.20. The van der Waals surface area contributed by atoms with Gasteiger partial charge in [-0.25, -0.2) is 4.98 Å². The van der Waals surface area contributed by atoms with Crippen molar-refractivity contribution in [3.8, 4) is 10.9 Å². The lowest BCUT2D eigenvalue weighted by Crippen LogP contribution is -2.22. The van der Waals surface area contributed by atoms with Gasteiger partial charge in [0.2, 0.25) is 11.0 Å². The van der Waals surface area contributed by atoms with Gasteiger partial charge in [-0.15, -0.1) is 0 Å². The molecule has 8 heteroatoms. The normalized spacial score (nSPS) is 10.8. The molecule has 0 bridgehead atoms. The lowest BCUT2D eigenvalue weighted by atomic mass is 10.2. The van der Waals surface area contributed by atoms with Crippen LogP contribution in [-0.4, -0.2) is 27.8 Å². The molecule has 26 heavy (non-hydrogen) atoms. The van der Waals surface area contributed by atoms with E-state index in [4.69, 9.17) is 4.74 Å². The van der Waals surface area contributed by atoms with E-state index in [-0.39, 0.29) is 17.9 Å². The van der Waals surface area contributed by atoms with E-state index in [1.54, 1.807) is 38.3 Å². The second-order valence-electron chi connectivity index (χ2n) is 5.95. The summed E-state index contributed by atoms with van der Waals surface area (Å²) in [5.74, 6) is 0.383. The molecule has 136 valence electrons. The Hall–Kier alpha value is -2.87. The van der Waals surface area contributed by atoms with E-state index in [0.717, 1.165) is 10.6 Å². The zero-order chi connectivity index (χ0) is 18.8. The number of rotatable bonds is 5. The number of benzene rings is 1. The van der Waals surface area contributed by atoms with Gasteiger partial charge in [0.15, 0.2) is 0 Å². The number of hydrogen-bond acceptors (Lipinski definition) is 5. The first-order valence-corrected chi connectivity index (χ1v) is 8.89. The Kier molecular flexibility index (Phi) is 4.94. The van der Waals surface area contributed by atoms with Crippen molar-refractivity contribution >= 4 is 22.9 Å². The van der Waals surface area contributed by atoms with Gasteiger partial charge >= 0.3 is 0 Å². The van der Waals surface area contributed by atoms with Gasteiger partial charge in [0, 0.05) is 27.9 Å². The number of carbonyl (C=O) groups is 1. The van der Waals surface area contributed by atoms with Gasteiger partial charge in [0.1, 0.15) is 5.75 Å². The smallest absolute Gasteiger partial charge is 0.277 e. The summed E-state index contributed by atoms with van der Waals surface area (Å²) in [5, 5.41) is 6.37. The monoisotopic (exact) mass is 372 g/mol. The fourth-order valence-electron chi connectivity index (χ4n) is 2.54. The number of hydrogen-bond donors (Lipinski definition) is 2. The number of methoxy groups -OCH3 is 1. The second-order valence-corrected chi connectivity index (χ2v) is 7.13. The minimum Gasteiger partial charge on any atom is -0.497 e. The van der Waals surface area contributed by atoms with E-state index in [2.05, 4.69) is 15.4 Å². The summed E-state index contributed by atoms with van der Waals surface area (Å²) in [7, 11) is 1.56. The molecule has 2 aromatic heterocycles. The molecule has 0 aliphatic rings. The molecule has 0 spiro atoms. The molecule has 0 aliphatic carbocycles. The highest BCUT2D eigenvalue weighted by Gasteiger charge is 2.18. The average Bonchev–Trinajstić information content (AvgIpc) is 3.08. The number of aromatic amines is 1. The fraction of sp³-hybridized carbons (Fsp3) is 0.278. The number of carbonyl (C=O) groups excluding carboxylic acids is 1. The number of aryl methyl sites for hydroxylation is 3. The summed E-state index contributed by atoms with van der Waals surface area (Å²) in [6.45, 7) is 5.64. The van der Waals surface area contributed by atoms with Crippen molar-refractivity contribution in [3.63, 3.8) is 0 Å². The van der Waals surface area contributed by atoms with Crippen LogP contribution in [0, 0.1) is 20.8 Å². The summed E-state index contributed by atoms with van der Waals surface area (Å²) < 4.78 is 6.54. The van der Waals surface area contributed by atoms with E-state index in [9.17, 15) is 9.59 Å². The highest BCUT2D eigenvalue weighted by atomic mass is 32.1. The van der Waals surface area contributed by atoms with Gasteiger partial charge < -0.3 is 10.1 Å². The van der Waals surface area contributed by atoms with E-state index in [1.807, 2.05) is 13.8 Å².